The summed E-state index contributed by atoms with van der Waals surface area (Å²) in [6.45, 7) is 9.50. The molecule has 16 nitrogen and oxygen atoms in total. The van der Waals surface area contributed by atoms with E-state index in [4.69, 9.17) is 39.6 Å². The van der Waals surface area contributed by atoms with Crippen LogP contribution < -0.4 is 19.3 Å². The number of imidazole rings is 2. The van der Waals surface area contributed by atoms with Crippen molar-refractivity contribution in [1.82, 2.24) is 58.6 Å². The van der Waals surface area contributed by atoms with Gasteiger partial charge in [-0.05, 0) is 139 Å². The zero-order chi connectivity index (χ0) is 49.3. The summed E-state index contributed by atoms with van der Waals surface area (Å²) in [5.74, 6) is 2.93. The van der Waals surface area contributed by atoms with E-state index in [2.05, 4.69) is 19.8 Å². The van der Waals surface area contributed by atoms with Crippen LogP contribution in [0.5, 0.6) is 11.8 Å². The number of fused-ring (bicyclic) bond motifs is 2. The maximum Gasteiger partial charge on any atom is 0.238 e. The first-order valence-electron chi connectivity index (χ1n) is 25.3. The van der Waals surface area contributed by atoms with E-state index in [0.29, 0.717) is 45.9 Å². The molecule has 4 aliphatic heterocycles. The quantitative estimate of drug-likeness (QED) is 0.129. The van der Waals surface area contributed by atoms with Crippen LogP contribution in [0, 0.1) is 25.5 Å². The molecule has 372 valence electrons. The Morgan fingerprint density at radius 1 is 0.500 bits per heavy atom. The van der Waals surface area contributed by atoms with Gasteiger partial charge in [-0.1, -0.05) is 0 Å². The maximum absolute atomic E-state index is 15.1. The Balaban J connectivity index is 0.000000156. The first-order valence-corrected chi connectivity index (χ1v) is 25.3. The van der Waals surface area contributed by atoms with Gasteiger partial charge in [0, 0.05) is 86.0 Å². The number of methoxy groups -OCH3 is 2. The minimum atomic E-state index is -0.182. The van der Waals surface area contributed by atoms with Gasteiger partial charge >= 0.3 is 0 Å². The van der Waals surface area contributed by atoms with E-state index in [1.54, 1.807) is 39.0 Å². The number of hydrogen-bond acceptors (Lipinski definition) is 12. The molecule has 0 radical (unpaired) electrons. The van der Waals surface area contributed by atoms with Crippen molar-refractivity contribution < 1.29 is 18.3 Å². The number of pyridine rings is 2. The Hall–Kier alpha value is -7.50. The number of benzene rings is 2. The largest absolute Gasteiger partial charge is 0.479 e. The highest BCUT2D eigenvalue weighted by Crippen LogP contribution is 2.39. The van der Waals surface area contributed by atoms with Gasteiger partial charge in [-0.25, -0.2) is 48.0 Å². The summed E-state index contributed by atoms with van der Waals surface area (Å²) in [4.78, 5) is 32.5. The van der Waals surface area contributed by atoms with Crippen LogP contribution in [0.4, 0.5) is 20.2 Å². The smallest absolute Gasteiger partial charge is 0.238 e. The average molecular weight is 975 g/mol. The molecule has 0 saturated carbocycles. The Labute approximate surface area is 417 Å². The van der Waals surface area contributed by atoms with Crippen LogP contribution in [-0.4, -0.2) is 99.0 Å². The lowest BCUT2D eigenvalue weighted by Gasteiger charge is -2.30. The molecule has 2 aromatic carbocycles. The van der Waals surface area contributed by atoms with Gasteiger partial charge in [-0.2, -0.15) is 0 Å². The number of anilines is 2. The average Bonchev–Trinajstić information content (AvgIpc) is 4.26. The van der Waals surface area contributed by atoms with Gasteiger partial charge in [0.05, 0.1) is 38.3 Å². The minimum absolute atomic E-state index is 0.139. The van der Waals surface area contributed by atoms with E-state index in [0.717, 1.165) is 111 Å². The van der Waals surface area contributed by atoms with Gasteiger partial charge in [-0.15, -0.1) is 10.2 Å². The zero-order valence-corrected chi connectivity index (χ0v) is 41.4. The highest BCUT2D eigenvalue weighted by Gasteiger charge is 2.32. The summed E-state index contributed by atoms with van der Waals surface area (Å²) < 4.78 is 49.0. The van der Waals surface area contributed by atoms with E-state index >= 15 is 8.78 Å². The molecule has 0 unspecified atom stereocenters. The fraction of sp³-hybridized carbons (Fsp3) is 0.407. The fourth-order valence-corrected chi connectivity index (χ4v) is 10.7. The Morgan fingerprint density at radius 2 is 0.931 bits per heavy atom. The van der Waals surface area contributed by atoms with Crippen LogP contribution in [0.25, 0.3) is 34.4 Å². The highest BCUT2D eigenvalue weighted by atomic mass is 19.1. The molecule has 0 bridgehead atoms. The second-order valence-electron chi connectivity index (χ2n) is 19.2. The topological polar surface area (TPSA) is 148 Å². The number of aryl methyl sites for hydroxylation is 4. The number of ether oxygens (including phenoxy) is 2. The van der Waals surface area contributed by atoms with Gasteiger partial charge in [0.25, 0.3) is 0 Å². The first-order chi connectivity index (χ1) is 35.2. The predicted octanol–water partition coefficient (Wildman–Crippen LogP) is 9.80. The van der Waals surface area contributed by atoms with Crippen molar-refractivity contribution in [3.8, 4) is 46.2 Å². The number of piperidine rings is 2. The van der Waals surface area contributed by atoms with Crippen molar-refractivity contribution in [1.29, 1.82) is 0 Å². The highest BCUT2D eigenvalue weighted by molar-refractivity contribution is 5.58. The second-order valence-corrected chi connectivity index (χ2v) is 19.2. The van der Waals surface area contributed by atoms with E-state index in [9.17, 15) is 0 Å². The lowest BCUT2D eigenvalue weighted by molar-refractivity contribution is 0.396. The molecular weight excluding hydrogens is 915 g/mol. The molecule has 0 N–H and O–H groups in total. The van der Waals surface area contributed by atoms with Crippen molar-refractivity contribution in [3.05, 3.63) is 132 Å². The third kappa shape index (κ3) is 9.41. The molecule has 2 saturated heterocycles. The number of halogens is 2. The Morgan fingerprint density at radius 3 is 1.32 bits per heavy atom. The number of aromatic nitrogens is 12. The SMILES string of the molecule is COc1nc(-c2nc3n(n2)CCC[C@@H]3c2cc(N3CCCCC3)ccc2F)ccc1-n1cnc(C)c1.COc1nc(-c2nc3n(n2)CCC[C@H]3c2cc(N3CCCCC3)ccc2F)ccc1-n1cnc(C)c1. The monoisotopic (exact) mass is 974 g/mol. The van der Waals surface area contributed by atoms with Crippen molar-refractivity contribution in [2.45, 2.75) is 103 Å². The fourth-order valence-electron chi connectivity index (χ4n) is 10.7. The van der Waals surface area contributed by atoms with E-state index < -0.39 is 0 Å². The third-order valence-electron chi connectivity index (χ3n) is 14.4. The van der Waals surface area contributed by atoms with Crippen LogP contribution in [0.3, 0.4) is 0 Å². The molecule has 12 rings (SSSR count). The van der Waals surface area contributed by atoms with Crippen molar-refractivity contribution >= 4 is 11.4 Å². The molecular formula is C54H60F2N14O2. The van der Waals surface area contributed by atoms with Crippen LogP contribution in [0.15, 0.2) is 85.7 Å². The number of rotatable bonds is 10. The van der Waals surface area contributed by atoms with Crippen LogP contribution in [-0.2, 0) is 13.1 Å². The lowest BCUT2D eigenvalue weighted by Crippen LogP contribution is -2.29. The maximum atomic E-state index is 15.1. The number of hydrogen-bond donors (Lipinski definition) is 0. The van der Waals surface area contributed by atoms with Gasteiger partial charge < -0.3 is 28.4 Å². The van der Waals surface area contributed by atoms with Gasteiger partial charge in [0.15, 0.2) is 11.6 Å². The summed E-state index contributed by atoms with van der Waals surface area (Å²) in [6.07, 6.45) is 18.1. The van der Waals surface area contributed by atoms with Crippen molar-refractivity contribution in [2.75, 3.05) is 50.2 Å². The van der Waals surface area contributed by atoms with E-state index in [1.165, 1.54) is 38.5 Å². The van der Waals surface area contributed by atoms with Gasteiger partial charge in [-0.3, -0.25) is 0 Å². The zero-order valence-electron chi connectivity index (χ0n) is 41.4. The van der Waals surface area contributed by atoms with Crippen molar-refractivity contribution in [3.63, 3.8) is 0 Å². The predicted molar refractivity (Wildman–Crippen MR) is 270 cm³/mol. The standard InChI is InChI=1S/2C27H30FN7O/c2*1-18-16-34(17-29-18)24-11-10-23(30-27(24)36-2)25-31-26-20(7-6-14-35(26)32-25)21-15-19(8-9-22(21)28)33-12-4-3-5-13-33/h2*8-11,15-17,20H,3-7,12-14H2,1-2H3/t2*20-/m10/s1. The van der Waals surface area contributed by atoms with Gasteiger partial charge in [0.1, 0.15) is 46.0 Å². The van der Waals surface area contributed by atoms with E-state index in [1.807, 2.05) is 93.3 Å². The van der Waals surface area contributed by atoms with Crippen LogP contribution in [0.1, 0.15) is 110 Å². The summed E-state index contributed by atoms with van der Waals surface area (Å²) >= 11 is 0. The lowest BCUT2D eigenvalue weighted by atomic mass is 9.90. The molecule has 2 fully saturated rings. The van der Waals surface area contributed by atoms with Crippen LogP contribution in [0.2, 0.25) is 0 Å². The molecule has 6 aromatic heterocycles. The first kappa shape index (κ1) is 46.9. The van der Waals surface area contributed by atoms with Crippen LogP contribution >= 0.6 is 0 Å². The normalized spacial score (nSPS) is 17.8. The molecule has 0 aliphatic carbocycles. The molecule has 10 heterocycles. The van der Waals surface area contributed by atoms with Gasteiger partial charge in [0.2, 0.25) is 11.8 Å². The molecule has 72 heavy (non-hydrogen) atoms. The third-order valence-corrected chi connectivity index (χ3v) is 14.4. The van der Waals surface area contributed by atoms with E-state index in [-0.39, 0.29) is 23.5 Å². The van der Waals surface area contributed by atoms with Crippen molar-refractivity contribution in [2.24, 2.45) is 0 Å². The second kappa shape index (κ2) is 20.3. The Bertz CT molecular complexity index is 2990. The number of nitrogens with zero attached hydrogens (tertiary/aromatic N) is 14. The molecule has 2 atom stereocenters. The minimum Gasteiger partial charge on any atom is -0.479 e. The molecule has 0 amide bonds. The summed E-state index contributed by atoms with van der Waals surface area (Å²) in [6, 6.07) is 18.7. The molecule has 4 aliphatic rings. The molecule has 18 heteroatoms. The summed E-state index contributed by atoms with van der Waals surface area (Å²) in [5.41, 5.74) is 8.24. The molecule has 8 aromatic rings. The Kier molecular flexibility index (Phi) is 13.2. The summed E-state index contributed by atoms with van der Waals surface area (Å²) in [5, 5.41) is 9.51. The molecule has 0 spiro atoms. The summed E-state index contributed by atoms with van der Waals surface area (Å²) in [7, 11) is 3.19.